The van der Waals surface area contributed by atoms with Crippen LogP contribution in [-0.4, -0.2) is 21.5 Å². The summed E-state index contributed by atoms with van der Waals surface area (Å²) in [5.41, 5.74) is 5.60. The molecule has 0 saturated carbocycles. The molecule has 184 valence electrons. The number of aryl methyl sites for hydroxylation is 1. The number of benzene rings is 4. The number of rotatable bonds is 3. The lowest BCUT2D eigenvalue weighted by Gasteiger charge is -2.40. The topological polar surface area (TPSA) is 57.8 Å². The van der Waals surface area contributed by atoms with E-state index in [9.17, 15) is 0 Å². The lowest BCUT2D eigenvalue weighted by molar-refractivity contribution is 0.597. The van der Waals surface area contributed by atoms with Crippen molar-refractivity contribution in [2.45, 2.75) is 13.0 Å². The number of hydrogen-bond donors (Lipinski definition) is 1. The molecular formula is C31H23FN6. The zero-order valence-electron chi connectivity index (χ0n) is 20.6. The Balaban J connectivity index is 1.52. The summed E-state index contributed by atoms with van der Waals surface area (Å²) in [7, 11) is 0. The number of amidine groups is 2. The van der Waals surface area contributed by atoms with E-state index >= 15 is 4.39 Å². The van der Waals surface area contributed by atoms with Gasteiger partial charge in [0.1, 0.15) is 5.82 Å². The third kappa shape index (κ3) is 3.51. The van der Waals surface area contributed by atoms with Crippen molar-refractivity contribution >= 4 is 34.6 Å². The van der Waals surface area contributed by atoms with Crippen LogP contribution in [0.2, 0.25) is 0 Å². The highest BCUT2D eigenvalue weighted by atomic mass is 19.1. The van der Waals surface area contributed by atoms with E-state index in [0.29, 0.717) is 23.1 Å². The summed E-state index contributed by atoms with van der Waals surface area (Å²) in [4.78, 5) is 12.2. The van der Waals surface area contributed by atoms with Crippen molar-refractivity contribution in [3.05, 3.63) is 132 Å². The predicted octanol–water partition coefficient (Wildman–Crippen LogP) is 7.12. The van der Waals surface area contributed by atoms with Crippen molar-refractivity contribution in [2.24, 2.45) is 9.98 Å². The zero-order chi connectivity index (χ0) is 25.6. The summed E-state index contributed by atoms with van der Waals surface area (Å²) in [6.45, 7) is 1.96. The lowest BCUT2D eigenvalue weighted by atomic mass is 9.93. The van der Waals surface area contributed by atoms with Crippen LogP contribution in [0.3, 0.4) is 0 Å². The molecule has 0 amide bonds. The molecule has 5 aromatic rings. The van der Waals surface area contributed by atoms with Gasteiger partial charge in [-0.2, -0.15) is 5.10 Å². The number of hydrogen-bond acceptors (Lipinski definition) is 5. The maximum atomic E-state index is 15.6. The molecule has 2 aliphatic rings. The van der Waals surface area contributed by atoms with Gasteiger partial charge >= 0.3 is 0 Å². The van der Waals surface area contributed by atoms with Crippen molar-refractivity contribution in [2.75, 3.05) is 10.2 Å². The van der Waals surface area contributed by atoms with Gasteiger partial charge in [-0.25, -0.2) is 19.1 Å². The van der Waals surface area contributed by atoms with Gasteiger partial charge in [-0.15, -0.1) is 0 Å². The second-order valence-electron chi connectivity index (χ2n) is 9.24. The Kier molecular flexibility index (Phi) is 5.14. The van der Waals surface area contributed by atoms with Crippen molar-refractivity contribution in [1.82, 2.24) is 9.78 Å². The van der Waals surface area contributed by atoms with Crippen LogP contribution in [0.5, 0.6) is 0 Å². The highest BCUT2D eigenvalue weighted by Gasteiger charge is 2.42. The fourth-order valence-corrected chi connectivity index (χ4v) is 5.20. The molecule has 2 aliphatic heterocycles. The molecule has 7 heteroatoms. The molecule has 1 aromatic heterocycles. The van der Waals surface area contributed by atoms with E-state index in [-0.39, 0.29) is 5.82 Å². The number of para-hydroxylation sites is 4. The Morgan fingerprint density at radius 1 is 0.763 bits per heavy atom. The summed E-state index contributed by atoms with van der Waals surface area (Å²) >= 11 is 0. The number of nitrogens with one attached hydrogen (secondary N) is 1. The normalized spacial score (nSPS) is 15.6. The third-order valence-corrected chi connectivity index (χ3v) is 6.88. The molecule has 0 aliphatic carbocycles. The summed E-state index contributed by atoms with van der Waals surface area (Å²) in [5.74, 6) is 1.56. The molecule has 7 rings (SSSR count). The summed E-state index contributed by atoms with van der Waals surface area (Å²) in [6, 6.07) is 34.1. The minimum absolute atomic E-state index is 0.283. The number of halogens is 1. The van der Waals surface area contributed by atoms with Gasteiger partial charge in [0.15, 0.2) is 17.5 Å². The summed E-state index contributed by atoms with van der Waals surface area (Å²) < 4.78 is 17.4. The van der Waals surface area contributed by atoms with Crippen LogP contribution in [0, 0.1) is 12.7 Å². The molecule has 0 spiro atoms. The van der Waals surface area contributed by atoms with Gasteiger partial charge in [-0.05, 0) is 49.4 Å². The van der Waals surface area contributed by atoms with Crippen LogP contribution >= 0.6 is 0 Å². The van der Waals surface area contributed by atoms with Crippen LogP contribution < -0.4 is 10.2 Å². The SMILES string of the molecule is Cc1nn(-c2ccccc2)c2c1[C@H](c1ccccc1F)N1C(=N2)C(Nc2ccccc2)=Nc2ccccc21. The van der Waals surface area contributed by atoms with Gasteiger partial charge in [0.25, 0.3) is 0 Å². The van der Waals surface area contributed by atoms with Gasteiger partial charge in [0, 0.05) is 16.8 Å². The first kappa shape index (κ1) is 22.2. The number of anilines is 2. The molecule has 0 radical (unpaired) electrons. The fraction of sp³-hybridized carbons (Fsp3) is 0.0645. The molecule has 0 bridgehead atoms. The molecule has 0 unspecified atom stereocenters. The monoisotopic (exact) mass is 498 g/mol. The quantitative estimate of drug-likeness (QED) is 0.288. The average Bonchev–Trinajstić information content (AvgIpc) is 3.29. The number of fused-ring (bicyclic) bond motifs is 4. The van der Waals surface area contributed by atoms with Gasteiger partial charge < -0.3 is 10.2 Å². The molecule has 6 nitrogen and oxygen atoms in total. The third-order valence-electron chi connectivity index (χ3n) is 6.88. The fourth-order valence-electron chi connectivity index (χ4n) is 5.20. The van der Waals surface area contributed by atoms with Gasteiger partial charge in [-0.1, -0.05) is 66.7 Å². The van der Waals surface area contributed by atoms with Crippen LogP contribution in [0.15, 0.2) is 119 Å². The predicted molar refractivity (Wildman–Crippen MR) is 150 cm³/mol. The van der Waals surface area contributed by atoms with E-state index in [0.717, 1.165) is 34.0 Å². The number of aliphatic imine (C=N–C) groups is 2. The highest BCUT2D eigenvalue weighted by Crippen LogP contribution is 2.48. The van der Waals surface area contributed by atoms with Gasteiger partial charge in [0.2, 0.25) is 0 Å². The van der Waals surface area contributed by atoms with E-state index in [1.54, 1.807) is 6.07 Å². The average molecular weight is 499 g/mol. The first-order chi connectivity index (χ1) is 18.7. The van der Waals surface area contributed by atoms with E-state index in [1.807, 2.05) is 109 Å². The largest absolute Gasteiger partial charge is 0.337 e. The van der Waals surface area contributed by atoms with Gasteiger partial charge in [0.05, 0.1) is 28.8 Å². The van der Waals surface area contributed by atoms with Gasteiger partial charge in [-0.3, -0.25) is 0 Å². The Morgan fingerprint density at radius 3 is 2.24 bits per heavy atom. The van der Waals surface area contributed by atoms with Crippen molar-refractivity contribution in [3.8, 4) is 5.69 Å². The Hall–Kier alpha value is -5.04. The van der Waals surface area contributed by atoms with E-state index in [1.165, 1.54) is 6.07 Å². The molecular weight excluding hydrogens is 475 g/mol. The zero-order valence-corrected chi connectivity index (χ0v) is 20.6. The maximum Gasteiger partial charge on any atom is 0.179 e. The van der Waals surface area contributed by atoms with Crippen LogP contribution in [0.1, 0.15) is 22.9 Å². The van der Waals surface area contributed by atoms with Crippen LogP contribution in [0.4, 0.5) is 27.3 Å². The second-order valence-corrected chi connectivity index (χ2v) is 9.24. The maximum absolute atomic E-state index is 15.6. The first-order valence-electron chi connectivity index (χ1n) is 12.5. The Bertz CT molecular complexity index is 1720. The summed E-state index contributed by atoms with van der Waals surface area (Å²) in [5, 5.41) is 8.35. The minimum atomic E-state index is -0.500. The Morgan fingerprint density at radius 2 is 1.45 bits per heavy atom. The minimum Gasteiger partial charge on any atom is -0.337 e. The van der Waals surface area contributed by atoms with E-state index in [4.69, 9.17) is 15.1 Å². The first-order valence-corrected chi connectivity index (χ1v) is 12.5. The smallest absolute Gasteiger partial charge is 0.179 e. The second kappa shape index (κ2) is 8.81. The van der Waals surface area contributed by atoms with E-state index in [2.05, 4.69) is 10.2 Å². The number of nitrogens with zero attached hydrogens (tertiary/aromatic N) is 5. The molecule has 0 fully saturated rings. The molecule has 0 saturated heterocycles. The molecule has 1 N–H and O–H groups in total. The van der Waals surface area contributed by atoms with Crippen molar-refractivity contribution in [1.29, 1.82) is 0 Å². The van der Waals surface area contributed by atoms with Crippen LogP contribution in [-0.2, 0) is 0 Å². The Labute approximate surface area is 219 Å². The molecule has 4 aromatic carbocycles. The van der Waals surface area contributed by atoms with Crippen molar-refractivity contribution < 1.29 is 4.39 Å². The standard InChI is InChI=1S/C31H23FN6/c1-20-27-28(23-16-8-9-17-24(23)32)37-26-19-11-10-18-25(26)34-29(33-21-12-4-2-5-13-21)31(37)35-30(27)38(36-20)22-14-6-3-7-15-22/h2-19,28H,1H3,(H,33,34)/t28-/m0/s1. The summed E-state index contributed by atoms with van der Waals surface area (Å²) in [6.07, 6.45) is 0. The molecule has 1 atom stereocenters. The molecule has 38 heavy (non-hydrogen) atoms. The van der Waals surface area contributed by atoms with E-state index < -0.39 is 6.04 Å². The number of aromatic nitrogens is 2. The van der Waals surface area contributed by atoms with Crippen molar-refractivity contribution in [3.63, 3.8) is 0 Å². The highest BCUT2D eigenvalue weighted by molar-refractivity contribution is 6.51. The van der Waals surface area contributed by atoms with Crippen LogP contribution in [0.25, 0.3) is 5.69 Å². The lowest BCUT2D eigenvalue weighted by Crippen LogP contribution is -2.46. The molecule has 3 heterocycles.